The van der Waals surface area contributed by atoms with Gasteiger partial charge in [-0.2, -0.15) is 18.4 Å². The topological polar surface area (TPSA) is 103 Å². The zero-order valence-corrected chi connectivity index (χ0v) is 22.0. The molecule has 2 aliphatic rings. The van der Waals surface area contributed by atoms with Crippen molar-refractivity contribution in [3.8, 4) is 6.07 Å². The molecule has 2 amide bonds. The van der Waals surface area contributed by atoms with Gasteiger partial charge in [0, 0.05) is 17.0 Å². The number of aromatic nitrogens is 1. The van der Waals surface area contributed by atoms with Crippen molar-refractivity contribution in [2.24, 2.45) is 5.73 Å². The summed E-state index contributed by atoms with van der Waals surface area (Å²) >= 11 is 11.8. The third kappa shape index (κ3) is 4.35. The van der Waals surface area contributed by atoms with Crippen LogP contribution in [0.25, 0.3) is 0 Å². The van der Waals surface area contributed by atoms with Gasteiger partial charge in [-0.15, -0.1) is 0 Å². The van der Waals surface area contributed by atoms with E-state index < -0.39 is 40.6 Å². The van der Waals surface area contributed by atoms with Gasteiger partial charge in [-0.3, -0.25) is 14.5 Å². The van der Waals surface area contributed by atoms with Crippen LogP contribution in [-0.2, 0) is 17.4 Å². The number of hydrogen-bond acceptors (Lipinski definition) is 5. The van der Waals surface area contributed by atoms with E-state index in [1.165, 1.54) is 23.1 Å². The smallest absolute Gasteiger partial charge is 0.366 e. The third-order valence-electron chi connectivity index (χ3n) is 7.13. The highest BCUT2D eigenvalue weighted by Gasteiger charge is 2.60. The average molecular weight is 588 g/mol. The van der Waals surface area contributed by atoms with Crippen LogP contribution in [0.2, 0.25) is 5.02 Å². The fourth-order valence-corrected chi connectivity index (χ4v) is 5.77. The number of carbonyl (C=O) groups excluding carboxylic acids is 2. The van der Waals surface area contributed by atoms with E-state index in [0.29, 0.717) is 35.9 Å². The lowest BCUT2D eigenvalue weighted by molar-refractivity contribution is -0.138. The number of anilines is 2. The van der Waals surface area contributed by atoms with Gasteiger partial charge in [-0.25, -0.2) is 9.37 Å². The Morgan fingerprint density at radius 1 is 1.23 bits per heavy atom. The van der Waals surface area contributed by atoms with Gasteiger partial charge in [0.05, 0.1) is 28.7 Å². The number of alkyl halides is 3. The minimum atomic E-state index is -4.91. The molecule has 1 spiro atoms. The number of nitrogens with two attached hydrogens (primary N) is 1. The SMILES string of the molecule is N#Cc1ncc(N2C(=O)C3(CCC3)N(c3ccc(C(N)=O)c(F)c3Cc3cccc(Cl)c3)C2=S)cc1C(F)(F)F. The van der Waals surface area contributed by atoms with Gasteiger partial charge < -0.3 is 10.6 Å². The van der Waals surface area contributed by atoms with Crippen molar-refractivity contribution in [3.63, 3.8) is 0 Å². The second-order valence-corrected chi connectivity index (χ2v) is 10.2. The average Bonchev–Trinajstić information content (AvgIpc) is 3.10. The summed E-state index contributed by atoms with van der Waals surface area (Å²) in [4.78, 5) is 31.8. The normalized spacial score (nSPS) is 16.3. The molecule has 0 atom stereocenters. The number of benzene rings is 2. The summed E-state index contributed by atoms with van der Waals surface area (Å²) in [5, 5.41) is 9.32. The highest BCUT2D eigenvalue weighted by atomic mass is 35.5. The number of thiocarbonyl (C=S) groups is 1. The summed E-state index contributed by atoms with van der Waals surface area (Å²) in [6.45, 7) is 0. The second-order valence-electron chi connectivity index (χ2n) is 9.44. The van der Waals surface area contributed by atoms with E-state index >= 15 is 4.39 Å². The first-order chi connectivity index (χ1) is 18.9. The van der Waals surface area contributed by atoms with Crippen molar-refractivity contribution in [1.82, 2.24) is 4.98 Å². The van der Waals surface area contributed by atoms with Crippen LogP contribution in [0.5, 0.6) is 0 Å². The Labute approximate surface area is 235 Å². The maximum Gasteiger partial charge on any atom is 0.419 e. The first-order valence-corrected chi connectivity index (χ1v) is 12.7. The van der Waals surface area contributed by atoms with Gasteiger partial charge in [0.1, 0.15) is 17.4 Å². The number of nitriles is 1. The predicted molar refractivity (Wildman–Crippen MR) is 142 cm³/mol. The van der Waals surface area contributed by atoms with Gasteiger partial charge in [-0.1, -0.05) is 23.7 Å². The van der Waals surface area contributed by atoms with Gasteiger partial charge in [-0.05, 0) is 67.4 Å². The number of rotatable bonds is 5. The van der Waals surface area contributed by atoms with E-state index in [0.717, 1.165) is 11.1 Å². The summed E-state index contributed by atoms with van der Waals surface area (Å²) < 4.78 is 56.9. The molecule has 40 heavy (non-hydrogen) atoms. The molecule has 2 aromatic carbocycles. The Balaban J connectivity index is 1.67. The molecule has 1 aromatic heterocycles. The minimum absolute atomic E-state index is 0.00998. The van der Waals surface area contributed by atoms with Gasteiger partial charge in [0.2, 0.25) is 0 Å². The lowest BCUT2D eigenvalue weighted by Crippen LogP contribution is -2.55. The first-order valence-electron chi connectivity index (χ1n) is 11.9. The zero-order chi connectivity index (χ0) is 29.0. The van der Waals surface area contributed by atoms with E-state index in [2.05, 4.69) is 4.98 Å². The third-order valence-corrected chi connectivity index (χ3v) is 7.73. The molecule has 13 heteroatoms. The van der Waals surface area contributed by atoms with Gasteiger partial charge in [0.15, 0.2) is 10.8 Å². The molecule has 0 radical (unpaired) electrons. The summed E-state index contributed by atoms with van der Waals surface area (Å²) in [6.07, 6.45) is -2.78. The summed E-state index contributed by atoms with van der Waals surface area (Å²) in [6, 6.07) is 11.3. The summed E-state index contributed by atoms with van der Waals surface area (Å²) in [5.74, 6) is -2.51. The zero-order valence-electron chi connectivity index (χ0n) is 20.4. The van der Waals surface area contributed by atoms with Crippen molar-refractivity contribution in [2.75, 3.05) is 9.80 Å². The lowest BCUT2D eigenvalue weighted by atomic mass is 9.75. The largest absolute Gasteiger partial charge is 0.419 e. The molecule has 5 rings (SSSR count). The molecule has 2 fully saturated rings. The van der Waals surface area contributed by atoms with Gasteiger partial charge >= 0.3 is 6.18 Å². The fraction of sp³-hybridized carbons (Fsp3) is 0.222. The van der Waals surface area contributed by atoms with Crippen LogP contribution in [0.4, 0.5) is 28.9 Å². The molecule has 7 nitrogen and oxygen atoms in total. The Morgan fingerprint density at radius 3 is 2.52 bits per heavy atom. The first kappa shape index (κ1) is 27.5. The molecule has 204 valence electrons. The van der Waals surface area contributed by atoms with Crippen LogP contribution >= 0.6 is 23.8 Å². The Morgan fingerprint density at radius 2 is 1.95 bits per heavy atom. The van der Waals surface area contributed by atoms with E-state index in [1.54, 1.807) is 24.3 Å². The van der Waals surface area contributed by atoms with Crippen molar-refractivity contribution in [1.29, 1.82) is 5.26 Å². The Hall–Kier alpha value is -4.08. The lowest BCUT2D eigenvalue weighted by Gasteiger charge is -2.43. The van der Waals surface area contributed by atoms with Crippen LogP contribution in [0.15, 0.2) is 48.7 Å². The van der Waals surface area contributed by atoms with Crippen LogP contribution < -0.4 is 15.5 Å². The monoisotopic (exact) mass is 587 g/mol. The van der Waals surface area contributed by atoms with Crippen molar-refractivity contribution < 1.29 is 27.2 Å². The molecule has 0 bridgehead atoms. The number of hydrogen-bond donors (Lipinski definition) is 1. The standard InChI is InChI=1S/C27H18ClF4N5O2S/c28-15-4-1-3-14(9-15)10-18-21(6-5-17(22(18)29)23(34)38)37-25(40)36(24(39)26(37)7-2-8-26)16-11-19(27(30,31)32)20(12-33)35-13-16/h1,3-6,9,11,13H,2,7-8,10H2,(H2,34,38). The van der Waals surface area contributed by atoms with Crippen LogP contribution in [-0.4, -0.2) is 27.4 Å². The quantitative estimate of drug-likeness (QED) is 0.312. The second kappa shape index (κ2) is 9.83. The van der Waals surface area contributed by atoms with E-state index in [4.69, 9.17) is 34.8 Å². The highest BCUT2D eigenvalue weighted by Crippen LogP contribution is 2.49. The molecule has 3 aromatic rings. The molecular formula is C27H18ClF4N5O2S. The molecule has 1 aliphatic carbocycles. The Bertz CT molecular complexity index is 1630. The number of nitrogens with zero attached hydrogens (tertiary/aromatic N) is 4. The molecule has 0 unspecified atom stereocenters. The number of primary amides is 1. The Kier molecular flexibility index (Phi) is 6.76. The van der Waals surface area contributed by atoms with Crippen molar-refractivity contribution in [2.45, 2.75) is 37.4 Å². The molecule has 2 N–H and O–H groups in total. The maximum absolute atomic E-state index is 15.8. The number of carbonyl (C=O) groups is 2. The highest BCUT2D eigenvalue weighted by molar-refractivity contribution is 7.81. The fourth-order valence-electron chi connectivity index (χ4n) is 5.10. The van der Waals surface area contributed by atoms with Crippen LogP contribution in [0.1, 0.15) is 52.0 Å². The number of pyridine rings is 1. The molecule has 1 saturated heterocycles. The predicted octanol–water partition coefficient (Wildman–Crippen LogP) is 5.52. The maximum atomic E-state index is 15.8. The van der Waals surface area contributed by atoms with Crippen LogP contribution in [0, 0.1) is 17.1 Å². The molecular weight excluding hydrogens is 570 g/mol. The molecule has 1 saturated carbocycles. The number of halogens is 5. The van der Waals surface area contributed by atoms with E-state index in [9.17, 15) is 22.8 Å². The van der Waals surface area contributed by atoms with Crippen LogP contribution in [0.3, 0.4) is 0 Å². The molecule has 1 aliphatic heterocycles. The van der Waals surface area contributed by atoms with E-state index in [1.807, 2.05) is 0 Å². The number of amides is 2. The van der Waals surface area contributed by atoms with Crippen molar-refractivity contribution in [3.05, 3.63) is 87.4 Å². The minimum Gasteiger partial charge on any atom is -0.366 e. The van der Waals surface area contributed by atoms with E-state index in [-0.39, 0.29) is 34.0 Å². The van der Waals surface area contributed by atoms with Gasteiger partial charge in [0.25, 0.3) is 11.8 Å². The summed E-state index contributed by atoms with van der Waals surface area (Å²) in [7, 11) is 0. The summed E-state index contributed by atoms with van der Waals surface area (Å²) in [5.41, 5.74) is 2.06. The van der Waals surface area contributed by atoms with Crippen molar-refractivity contribution >= 4 is 52.1 Å². The molecule has 2 heterocycles.